The van der Waals surface area contributed by atoms with Crippen molar-refractivity contribution in [3.63, 3.8) is 0 Å². The predicted octanol–water partition coefficient (Wildman–Crippen LogP) is 0.597. The Morgan fingerprint density at radius 3 is 2.75 bits per heavy atom. The third kappa shape index (κ3) is 7.98. The van der Waals surface area contributed by atoms with E-state index >= 15 is 0 Å². The van der Waals surface area contributed by atoms with Crippen molar-refractivity contribution in [2.24, 2.45) is 11.7 Å². The summed E-state index contributed by atoms with van der Waals surface area (Å²) < 4.78 is 4.91. The van der Waals surface area contributed by atoms with Gasteiger partial charge in [0.2, 0.25) is 0 Å². The first kappa shape index (κ1) is 11.9. The monoisotopic (exact) mass is 174 g/mol. The fourth-order valence-corrected chi connectivity index (χ4v) is 0.993. The summed E-state index contributed by atoms with van der Waals surface area (Å²) in [6, 6.07) is 0. The summed E-state index contributed by atoms with van der Waals surface area (Å²) in [6.07, 6.45) is 2.43. The van der Waals surface area contributed by atoms with Gasteiger partial charge in [-0.3, -0.25) is 0 Å². The maximum Gasteiger partial charge on any atom is 0.0587 e. The average molecular weight is 174 g/mol. The highest BCUT2D eigenvalue weighted by Crippen LogP contribution is 2.01. The molecule has 3 nitrogen and oxygen atoms in total. The SMILES string of the molecule is COCCNCCCC(C)CN. The second-order valence-electron chi connectivity index (χ2n) is 3.23. The van der Waals surface area contributed by atoms with Crippen LogP contribution in [-0.2, 0) is 4.74 Å². The van der Waals surface area contributed by atoms with Crippen molar-refractivity contribution >= 4 is 0 Å². The number of hydrogen-bond acceptors (Lipinski definition) is 3. The number of ether oxygens (including phenoxy) is 1. The number of rotatable bonds is 8. The quantitative estimate of drug-likeness (QED) is 0.530. The normalized spacial score (nSPS) is 13.2. The first-order valence-corrected chi connectivity index (χ1v) is 4.71. The Hall–Kier alpha value is -0.120. The van der Waals surface area contributed by atoms with E-state index in [-0.39, 0.29) is 0 Å². The lowest BCUT2D eigenvalue weighted by Crippen LogP contribution is -2.21. The molecule has 0 fully saturated rings. The molecule has 1 unspecified atom stereocenters. The Kier molecular flexibility index (Phi) is 8.88. The van der Waals surface area contributed by atoms with Gasteiger partial charge in [0, 0.05) is 13.7 Å². The fraction of sp³-hybridized carbons (Fsp3) is 1.00. The minimum Gasteiger partial charge on any atom is -0.383 e. The lowest BCUT2D eigenvalue weighted by atomic mass is 10.1. The average Bonchev–Trinajstić information content (AvgIpc) is 2.10. The summed E-state index contributed by atoms with van der Waals surface area (Å²) >= 11 is 0. The molecule has 0 amide bonds. The van der Waals surface area contributed by atoms with Crippen LogP contribution in [0, 0.1) is 5.92 Å². The summed E-state index contributed by atoms with van der Waals surface area (Å²) in [6.45, 7) is 5.82. The van der Waals surface area contributed by atoms with E-state index in [1.54, 1.807) is 7.11 Å². The van der Waals surface area contributed by atoms with Gasteiger partial charge in [0.05, 0.1) is 6.61 Å². The van der Waals surface area contributed by atoms with Crippen molar-refractivity contribution in [2.45, 2.75) is 19.8 Å². The molecule has 0 heterocycles. The van der Waals surface area contributed by atoms with Crippen LogP contribution < -0.4 is 11.1 Å². The molecule has 0 aromatic heterocycles. The van der Waals surface area contributed by atoms with Crippen LogP contribution in [0.25, 0.3) is 0 Å². The van der Waals surface area contributed by atoms with Crippen molar-refractivity contribution in [2.75, 3.05) is 33.4 Å². The molecule has 0 aliphatic rings. The van der Waals surface area contributed by atoms with Gasteiger partial charge in [0.15, 0.2) is 0 Å². The predicted molar refractivity (Wildman–Crippen MR) is 52.2 cm³/mol. The van der Waals surface area contributed by atoms with E-state index in [2.05, 4.69) is 12.2 Å². The van der Waals surface area contributed by atoms with Crippen molar-refractivity contribution in [3.8, 4) is 0 Å². The zero-order valence-electron chi connectivity index (χ0n) is 8.31. The van der Waals surface area contributed by atoms with Crippen molar-refractivity contribution in [1.82, 2.24) is 5.32 Å². The molecule has 3 N–H and O–H groups in total. The van der Waals surface area contributed by atoms with Gasteiger partial charge in [-0.25, -0.2) is 0 Å². The number of nitrogens with one attached hydrogen (secondary N) is 1. The van der Waals surface area contributed by atoms with Crippen LogP contribution in [0.4, 0.5) is 0 Å². The smallest absolute Gasteiger partial charge is 0.0587 e. The summed E-state index contributed by atoms with van der Waals surface area (Å²) in [5, 5.41) is 3.30. The molecule has 0 saturated carbocycles. The third-order valence-corrected chi connectivity index (χ3v) is 1.94. The highest BCUT2D eigenvalue weighted by molar-refractivity contribution is 4.55. The highest BCUT2D eigenvalue weighted by Gasteiger charge is 1.97. The molecule has 12 heavy (non-hydrogen) atoms. The molecule has 3 heteroatoms. The van der Waals surface area contributed by atoms with Crippen molar-refractivity contribution in [1.29, 1.82) is 0 Å². The Balaban J connectivity index is 2.90. The van der Waals surface area contributed by atoms with E-state index in [9.17, 15) is 0 Å². The molecule has 0 bridgehead atoms. The molecule has 74 valence electrons. The van der Waals surface area contributed by atoms with Crippen LogP contribution in [0.5, 0.6) is 0 Å². The topological polar surface area (TPSA) is 47.3 Å². The van der Waals surface area contributed by atoms with Gasteiger partial charge >= 0.3 is 0 Å². The van der Waals surface area contributed by atoms with Crippen molar-refractivity contribution < 1.29 is 4.74 Å². The van der Waals surface area contributed by atoms with Crippen LogP contribution in [0.2, 0.25) is 0 Å². The second-order valence-corrected chi connectivity index (χ2v) is 3.23. The Morgan fingerprint density at radius 2 is 2.17 bits per heavy atom. The molecule has 0 aliphatic carbocycles. The van der Waals surface area contributed by atoms with Crippen LogP contribution in [0.3, 0.4) is 0 Å². The van der Waals surface area contributed by atoms with Gasteiger partial charge in [0.25, 0.3) is 0 Å². The molecule has 0 spiro atoms. The summed E-state index contributed by atoms with van der Waals surface area (Å²) in [4.78, 5) is 0. The lowest BCUT2D eigenvalue weighted by Gasteiger charge is -2.08. The zero-order chi connectivity index (χ0) is 9.23. The van der Waals surface area contributed by atoms with E-state index in [1.165, 1.54) is 12.8 Å². The standard InChI is InChI=1S/C9H22N2O/c1-9(8-10)4-3-5-11-6-7-12-2/h9,11H,3-8,10H2,1-2H3. The van der Waals surface area contributed by atoms with Crippen LogP contribution in [0.15, 0.2) is 0 Å². The molecular weight excluding hydrogens is 152 g/mol. The van der Waals surface area contributed by atoms with E-state index in [0.29, 0.717) is 5.92 Å². The van der Waals surface area contributed by atoms with Crippen LogP contribution in [-0.4, -0.2) is 33.4 Å². The number of methoxy groups -OCH3 is 1. The molecule has 0 aromatic carbocycles. The second kappa shape index (κ2) is 8.97. The molecular formula is C9H22N2O. The van der Waals surface area contributed by atoms with E-state index in [0.717, 1.165) is 26.2 Å². The maximum atomic E-state index is 5.49. The Bertz CT molecular complexity index is 88.6. The first-order chi connectivity index (χ1) is 5.81. The van der Waals surface area contributed by atoms with Gasteiger partial charge in [-0.05, 0) is 31.8 Å². The summed E-state index contributed by atoms with van der Waals surface area (Å²) in [5.74, 6) is 0.661. The number of nitrogens with two attached hydrogens (primary N) is 1. The Labute approximate surface area is 75.7 Å². The summed E-state index contributed by atoms with van der Waals surface area (Å²) in [7, 11) is 1.72. The van der Waals surface area contributed by atoms with Gasteiger partial charge in [0.1, 0.15) is 0 Å². The van der Waals surface area contributed by atoms with Gasteiger partial charge in [-0.2, -0.15) is 0 Å². The minimum atomic E-state index is 0.661. The van der Waals surface area contributed by atoms with Crippen LogP contribution in [0.1, 0.15) is 19.8 Å². The third-order valence-electron chi connectivity index (χ3n) is 1.94. The van der Waals surface area contributed by atoms with Gasteiger partial charge < -0.3 is 15.8 Å². The molecule has 0 aromatic rings. The fourth-order valence-electron chi connectivity index (χ4n) is 0.993. The zero-order valence-corrected chi connectivity index (χ0v) is 8.31. The molecule has 0 aliphatic heterocycles. The minimum absolute atomic E-state index is 0.661. The largest absolute Gasteiger partial charge is 0.383 e. The molecule has 1 atom stereocenters. The maximum absolute atomic E-state index is 5.49. The first-order valence-electron chi connectivity index (χ1n) is 4.71. The van der Waals surface area contributed by atoms with Gasteiger partial charge in [-0.15, -0.1) is 0 Å². The Morgan fingerprint density at radius 1 is 1.42 bits per heavy atom. The number of hydrogen-bond donors (Lipinski definition) is 2. The molecule has 0 radical (unpaired) electrons. The van der Waals surface area contributed by atoms with Crippen molar-refractivity contribution in [3.05, 3.63) is 0 Å². The lowest BCUT2D eigenvalue weighted by molar-refractivity contribution is 0.199. The van der Waals surface area contributed by atoms with E-state index in [1.807, 2.05) is 0 Å². The summed E-state index contributed by atoms with van der Waals surface area (Å²) in [5.41, 5.74) is 5.49. The van der Waals surface area contributed by atoms with E-state index < -0.39 is 0 Å². The highest BCUT2D eigenvalue weighted by atomic mass is 16.5. The van der Waals surface area contributed by atoms with Gasteiger partial charge in [-0.1, -0.05) is 6.92 Å². The van der Waals surface area contributed by atoms with E-state index in [4.69, 9.17) is 10.5 Å². The molecule has 0 saturated heterocycles. The molecule has 0 rings (SSSR count). The van der Waals surface area contributed by atoms with Crippen LogP contribution >= 0.6 is 0 Å².